The zero-order valence-electron chi connectivity index (χ0n) is 12.5. The minimum atomic E-state index is -1.06. The van der Waals surface area contributed by atoms with Gasteiger partial charge in [0.15, 0.2) is 0 Å². The molecule has 0 saturated carbocycles. The quantitative estimate of drug-likeness (QED) is 0.847. The Kier molecular flexibility index (Phi) is 6.14. The van der Waals surface area contributed by atoms with Gasteiger partial charge in [0, 0.05) is 13.6 Å². The lowest BCUT2D eigenvalue weighted by molar-refractivity contribution is -0.140. The van der Waals surface area contributed by atoms with Crippen LogP contribution in [0.5, 0.6) is 0 Å². The number of nitrogens with zero attached hydrogens (tertiary/aromatic N) is 1. The van der Waals surface area contributed by atoms with E-state index in [-0.39, 0.29) is 18.3 Å². The first-order valence-electron chi connectivity index (χ1n) is 6.84. The van der Waals surface area contributed by atoms with E-state index < -0.39 is 18.0 Å². The Balaban J connectivity index is 2.67. The van der Waals surface area contributed by atoms with Gasteiger partial charge in [0.25, 0.3) is 0 Å². The molecule has 2 atom stereocenters. The van der Waals surface area contributed by atoms with E-state index in [1.54, 1.807) is 19.1 Å². The molecule has 0 saturated heterocycles. The normalized spacial score (nSPS) is 13.3. The first kappa shape index (κ1) is 16.9. The van der Waals surface area contributed by atoms with Gasteiger partial charge < -0.3 is 15.3 Å². The van der Waals surface area contributed by atoms with E-state index in [9.17, 15) is 14.0 Å². The standard InChI is InChI=1S/C15H21FN2O3/c1-4-10(2)13(14(19)20)17-15(21)18(3)9-11-6-5-7-12(16)8-11/h5-8,10,13H,4,9H2,1-3H3,(H,17,21)(H,19,20)/t10-,13-/m0/s1. The van der Waals surface area contributed by atoms with E-state index in [1.807, 2.05) is 6.92 Å². The second-order valence-corrected chi connectivity index (χ2v) is 5.14. The summed E-state index contributed by atoms with van der Waals surface area (Å²) in [6.45, 7) is 3.84. The van der Waals surface area contributed by atoms with Crippen LogP contribution in [0.1, 0.15) is 25.8 Å². The van der Waals surface area contributed by atoms with Crippen molar-refractivity contribution in [1.82, 2.24) is 10.2 Å². The minimum absolute atomic E-state index is 0.172. The smallest absolute Gasteiger partial charge is 0.326 e. The molecule has 116 valence electrons. The van der Waals surface area contributed by atoms with Crippen molar-refractivity contribution in [1.29, 1.82) is 0 Å². The topological polar surface area (TPSA) is 69.6 Å². The molecule has 0 spiro atoms. The second-order valence-electron chi connectivity index (χ2n) is 5.14. The maximum Gasteiger partial charge on any atom is 0.326 e. The van der Waals surface area contributed by atoms with Crippen molar-refractivity contribution < 1.29 is 19.1 Å². The maximum absolute atomic E-state index is 13.1. The van der Waals surface area contributed by atoms with Crippen molar-refractivity contribution >= 4 is 12.0 Å². The largest absolute Gasteiger partial charge is 0.480 e. The third-order valence-electron chi connectivity index (χ3n) is 3.41. The van der Waals surface area contributed by atoms with Crippen molar-refractivity contribution in [3.8, 4) is 0 Å². The van der Waals surface area contributed by atoms with Crippen molar-refractivity contribution in [3.63, 3.8) is 0 Å². The van der Waals surface area contributed by atoms with Crippen LogP contribution in [0.2, 0.25) is 0 Å². The van der Waals surface area contributed by atoms with Gasteiger partial charge >= 0.3 is 12.0 Å². The predicted molar refractivity (Wildman–Crippen MR) is 77.3 cm³/mol. The van der Waals surface area contributed by atoms with E-state index in [0.29, 0.717) is 12.0 Å². The van der Waals surface area contributed by atoms with Crippen molar-refractivity contribution in [2.24, 2.45) is 5.92 Å². The third kappa shape index (κ3) is 5.06. The van der Waals surface area contributed by atoms with Crippen LogP contribution in [0, 0.1) is 11.7 Å². The van der Waals surface area contributed by atoms with Gasteiger partial charge in [-0.1, -0.05) is 32.4 Å². The van der Waals surface area contributed by atoms with Gasteiger partial charge in [-0.25, -0.2) is 14.0 Å². The molecule has 5 nitrogen and oxygen atoms in total. The summed E-state index contributed by atoms with van der Waals surface area (Å²) in [7, 11) is 1.54. The summed E-state index contributed by atoms with van der Waals surface area (Å²) in [6, 6.07) is 4.51. The molecule has 0 heterocycles. The van der Waals surface area contributed by atoms with Gasteiger partial charge in [0.2, 0.25) is 0 Å². The highest BCUT2D eigenvalue weighted by atomic mass is 19.1. The summed E-state index contributed by atoms with van der Waals surface area (Å²) in [5.41, 5.74) is 0.642. The monoisotopic (exact) mass is 296 g/mol. The Labute approximate surface area is 123 Å². The SMILES string of the molecule is CC[C@H](C)[C@H](NC(=O)N(C)Cc1cccc(F)c1)C(=O)O. The number of carboxylic acid groups (broad SMARTS) is 1. The van der Waals surface area contributed by atoms with E-state index >= 15 is 0 Å². The number of carbonyl (C=O) groups is 2. The highest BCUT2D eigenvalue weighted by molar-refractivity contribution is 5.82. The summed E-state index contributed by atoms with van der Waals surface area (Å²) in [5, 5.41) is 11.6. The summed E-state index contributed by atoms with van der Waals surface area (Å²) < 4.78 is 13.1. The molecule has 0 radical (unpaired) electrons. The predicted octanol–water partition coefficient (Wildman–Crippen LogP) is 2.47. The zero-order valence-corrected chi connectivity index (χ0v) is 12.5. The van der Waals surface area contributed by atoms with Crippen LogP contribution in [0.4, 0.5) is 9.18 Å². The Morgan fingerprint density at radius 1 is 1.43 bits per heavy atom. The summed E-state index contributed by atoms with van der Waals surface area (Å²) >= 11 is 0. The van der Waals surface area contributed by atoms with Crippen LogP contribution in [0.15, 0.2) is 24.3 Å². The zero-order chi connectivity index (χ0) is 16.0. The van der Waals surface area contributed by atoms with Crippen molar-refractivity contribution in [2.45, 2.75) is 32.9 Å². The fraction of sp³-hybridized carbons (Fsp3) is 0.467. The second kappa shape index (κ2) is 7.61. The van der Waals surface area contributed by atoms with Crippen molar-refractivity contribution in [2.75, 3.05) is 7.05 Å². The highest BCUT2D eigenvalue weighted by Crippen LogP contribution is 2.10. The average Bonchev–Trinajstić information content (AvgIpc) is 2.43. The summed E-state index contributed by atoms with van der Waals surface area (Å²) in [6.07, 6.45) is 0.644. The number of hydrogen-bond donors (Lipinski definition) is 2. The number of aliphatic carboxylic acids is 1. The van der Waals surface area contributed by atoms with E-state index in [4.69, 9.17) is 5.11 Å². The number of hydrogen-bond acceptors (Lipinski definition) is 2. The number of halogens is 1. The van der Waals surface area contributed by atoms with Crippen LogP contribution in [-0.2, 0) is 11.3 Å². The van der Waals surface area contributed by atoms with Crippen LogP contribution in [0.3, 0.4) is 0 Å². The minimum Gasteiger partial charge on any atom is -0.480 e. The lowest BCUT2D eigenvalue weighted by Crippen LogP contribution is -2.49. The van der Waals surface area contributed by atoms with E-state index in [0.717, 1.165) is 0 Å². The summed E-state index contributed by atoms with van der Waals surface area (Å²) in [5.74, 6) is -1.60. The van der Waals surface area contributed by atoms with Crippen LogP contribution < -0.4 is 5.32 Å². The van der Waals surface area contributed by atoms with Gasteiger partial charge in [-0.15, -0.1) is 0 Å². The van der Waals surface area contributed by atoms with E-state index in [2.05, 4.69) is 5.32 Å². The average molecular weight is 296 g/mol. The lowest BCUT2D eigenvalue weighted by atomic mass is 9.99. The molecule has 6 heteroatoms. The lowest BCUT2D eigenvalue weighted by Gasteiger charge is -2.24. The molecule has 0 bridgehead atoms. The first-order chi connectivity index (χ1) is 9.85. The molecule has 0 unspecified atom stereocenters. The molecule has 1 aromatic rings. The van der Waals surface area contributed by atoms with Gasteiger partial charge in [-0.3, -0.25) is 0 Å². The Morgan fingerprint density at radius 3 is 2.62 bits per heavy atom. The Bertz CT molecular complexity index is 507. The van der Waals surface area contributed by atoms with Gasteiger partial charge in [0.05, 0.1) is 0 Å². The number of carbonyl (C=O) groups excluding carboxylic acids is 1. The molecule has 0 fully saturated rings. The summed E-state index contributed by atoms with van der Waals surface area (Å²) in [4.78, 5) is 24.5. The number of carboxylic acids is 1. The first-order valence-corrected chi connectivity index (χ1v) is 6.84. The van der Waals surface area contributed by atoms with Crippen molar-refractivity contribution in [3.05, 3.63) is 35.6 Å². The van der Waals surface area contributed by atoms with Gasteiger partial charge in [-0.2, -0.15) is 0 Å². The van der Waals surface area contributed by atoms with E-state index in [1.165, 1.54) is 24.1 Å². The number of benzene rings is 1. The molecule has 2 N–H and O–H groups in total. The number of rotatable bonds is 6. The van der Waals surface area contributed by atoms with Crippen LogP contribution in [-0.4, -0.2) is 35.1 Å². The molecule has 1 aromatic carbocycles. The molecule has 2 amide bonds. The Morgan fingerprint density at radius 2 is 2.10 bits per heavy atom. The number of amides is 2. The van der Waals surface area contributed by atoms with Gasteiger partial charge in [-0.05, 0) is 23.6 Å². The van der Waals surface area contributed by atoms with Crippen LogP contribution in [0.25, 0.3) is 0 Å². The van der Waals surface area contributed by atoms with Gasteiger partial charge in [0.1, 0.15) is 11.9 Å². The number of nitrogens with one attached hydrogen (secondary N) is 1. The molecule has 0 aliphatic rings. The molecular weight excluding hydrogens is 275 g/mol. The molecule has 0 aromatic heterocycles. The maximum atomic E-state index is 13.1. The highest BCUT2D eigenvalue weighted by Gasteiger charge is 2.26. The van der Waals surface area contributed by atoms with Crippen LogP contribution >= 0.6 is 0 Å². The number of urea groups is 1. The fourth-order valence-corrected chi connectivity index (χ4v) is 1.91. The Hall–Kier alpha value is -2.11. The third-order valence-corrected chi connectivity index (χ3v) is 3.41. The molecule has 0 aliphatic carbocycles. The molecule has 1 rings (SSSR count). The molecular formula is C15H21FN2O3. The molecule has 0 aliphatic heterocycles. The fourth-order valence-electron chi connectivity index (χ4n) is 1.91. The molecule has 21 heavy (non-hydrogen) atoms.